The van der Waals surface area contributed by atoms with Crippen LogP contribution < -0.4 is 10.2 Å². The van der Waals surface area contributed by atoms with Gasteiger partial charge in [0.15, 0.2) is 0 Å². The third kappa shape index (κ3) is 4.28. The number of halogens is 1. The molecule has 2 atom stereocenters. The average Bonchev–Trinajstić information content (AvgIpc) is 3.10. The fourth-order valence-electron chi connectivity index (χ4n) is 4.40. The fourth-order valence-corrected chi connectivity index (χ4v) is 4.40. The maximum Gasteiger partial charge on any atom is 0.244 e. The van der Waals surface area contributed by atoms with Gasteiger partial charge in [-0.3, -0.25) is 14.5 Å². The molecule has 0 bridgehead atoms. The number of para-hydroxylation sites is 1. The zero-order valence-corrected chi connectivity index (χ0v) is 16.5. The molecule has 0 spiro atoms. The number of nitrogens with one attached hydrogen (secondary N) is 1. The molecule has 3 aliphatic rings. The van der Waals surface area contributed by atoms with Crippen LogP contribution in [0.2, 0.25) is 0 Å². The summed E-state index contributed by atoms with van der Waals surface area (Å²) >= 11 is 0. The Morgan fingerprint density at radius 3 is 2.37 bits per heavy atom. The number of carbonyl (C=O) groups excluding carboxylic acids is 2. The molecule has 2 amide bonds. The van der Waals surface area contributed by atoms with Crippen molar-refractivity contribution in [2.45, 2.75) is 37.8 Å². The van der Waals surface area contributed by atoms with Crippen LogP contribution in [0, 0.1) is 0 Å². The molecule has 1 aromatic rings. The smallest absolute Gasteiger partial charge is 0.244 e. The van der Waals surface area contributed by atoms with Crippen molar-refractivity contribution < 1.29 is 9.59 Å². The summed E-state index contributed by atoms with van der Waals surface area (Å²) in [6.07, 6.45) is 4.12. The molecular formula is C20H29ClN4O2. The molecule has 3 heterocycles. The molecular weight excluding hydrogens is 364 g/mol. The quantitative estimate of drug-likeness (QED) is 0.847. The zero-order chi connectivity index (χ0) is 17.9. The first-order chi connectivity index (χ1) is 12.7. The van der Waals surface area contributed by atoms with E-state index in [2.05, 4.69) is 10.2 Å². The van der Waals surface area contributed by atoms with E-state index in [1.165, 1.54) is 6.42 Å². The number of piperidine rings is 1. The number of piperazine rings is 1. The number of hydrogen-bond donors (Lipinski definition) is 1. The number of anilines is 1. The Bertz CT molecular complexity index is 643. The van der Waals surface area contributed by atoms with E-state index in [0.717, 1.165) is 64.2 Å². The van der Waals surface area contributed by atoms with Crippen LogP contribution in [0.4, 0.5) is 5.69 Å². The third-order valence-corrected chi connectivity index (χ3v) is 5.92. The summed E-state index contributed by atoms with van der Waals surface area (Å²) in [5.74, 6) is 0.443. The number of benzene rings is 1. The summed E-state index contributed by atoms with van der Waals surface area (Å²) < 4.78 is 0. The summed E-state index contributed by atoms with van der Waals surface area (Å²) in [4.78, 5) is 31.7. The maximum absolute atomic E-state index is 12.9. The van der Waals surface area contributed by atoms with Crippen molar-refractivity contribution >= 4 is 29.9 Å². The molecule has 3 saturated heterocycles. The first kappa shape index (κ1) is 20.1. The summed E-state index contributed by atoms with van der Waals surface area (Å²) in [6, 6.07) is 9.86. The van der Waals surface area contributed by atoms with Gasteiger partial charge in [0.1, 0.15) is 0 Å². The van der Waals surface area contributed by atoms with Crippen molar-refractivity contribution in [2.75, 3.05) is 44.2 Å². The Morgan fingerprint density at radius 2 is 1.70 bits per heavy atom. The van der Waals surface area contributed by atoms with Crippen LogP contribution in [0.3, 0.4) is 0 Å². The van der Waals surface area contributed by atoms with Crippen LogP contribution in [0.25, 0.3) is 0 Å². The molecule has 1 N–H and O–H groups in total. The maximum atomic E-state index is 12.9. The van der Waals surface area contributed by atoms with Gasteiger partial charge in [0.25, 0.3) is 0 Å². The van der Waals surface area contributed by atoms with Crippen molar-refractivity contribution in [3.8, 4) is 0 Å². The number of hydrogen-bond acceptors (Lipinski definition) is 4. The normalized spacial score (nSPS) is 26.7. The minimum absolute atomic E-state index is 0. The van der Waals surface area contributed by atoms with Crippen LogP contribution in [-0.4, -0.2) is 73.0 Å². The minimum atomic E-state index is -0.0414. The second kappa shape index (κ2) is 9.04. The monoisotopic (exact) mass is 392 g/mol. The van der Waals surface area contributed by atoms with Gasteiger partial charge in [0, 0.05) is 38.4 Å². The van der Waals surface area contributed by atoms with Crippen LogP contribution in [0.5, 0.6) is 0 Å². The van der Waals surface area contributed by atoms with Gasteiger partial charge in [-0.2, -0.15) is 0 Å². The largest absolute Gasteiger partial charge is 0.339 e. The molecule has 0 aliphatic carbocycles. The second-order valence-corrected chi connectivity index (χ2v) is 7.49. The lowest BCUT2D eigenvalue weighted by Gasteiger charge is -2.39. The topological polar surface area (TPSA) is 55.9 Å². The Labute approximate surface area is 167 Å². The van der Waals surface area contributed by atoms with Gasteiger partial charge in [-0.05, 0) is 37.9 Å². The fraction of sp³-hybridized carbons (Fsp3) is 0.600. The molecule has 3 aliphatic heterocycles. The van der Waals surface area contributed by atoms with Crippen LogP contribution >= 0.6 is 12.4 Å². The van der Waals surface area contributed by atoms with Gasteiger partial charge in [0.2, 0.25) is 11.8 Å². The molecule has 7 heteroatoms. The van der Waals surface area contributed by atoms with Crippen LogP contribution in [-0.2, 0) is 9.59 Å². The molecule has 3 fully saturated rings. The molecule has 0 radical (unpaired) electrons. The van der Waals surface area contributed by atoms with Gasteiger partial charge >= 0.3 is 0 Å². The molecule has 6 nitrogen and oxygen atoms in total. The Kier molecular flexibility index (Phi) is 6.73. The average molecular weight is 393 g/mol. The summed E-state index contributed by atoms with van der Waals surface area (Å²) in [5.41, 5.74) is 0.984. The Hall–Kier alpha value is -1.63. The van der Waals surface area contributed by atoms with Crippen molar-refractivity contribution in [1.29, 1.82) is 0 Å². The molecule has 0 saturated carbocycles. The van der Waals surface area contributed by atoms with Gasteiger partial charge in [0.05, 0.1) is 12.1 Å². The van der Waals surface area contributed by atoms with Gasteiger partial charge < -0.3 is 15.1 Å². The minimum Gasteiger partial charge on any atom is -0.339 e. The lowest BCUT2D eigenvalue weighted by molar-refractivity contribution is -0.136. The van der Waals surface area contributed by atoms with Crippen molar-refractivity contribution in [3.63, 3.8) is 0 Å². The van der Waals surface area contributed by atoms with E-state index < -0.39 is 0 Å². The van der Waals surface area contributed by atoms with E-state index in [1.54, 1.807) is 0 Å². The molecule has 2 unspecified atom stereocenters. The number of amides is 2. The highest BCUT2D eigenvalue weighted by Crippen LogP contribution is 2.25. The molecule has 27 heavy (non-hydrogen) atoms. The highest BCUT2D eigenvalue weighted by atomic mass is 35.5. The van der Waals surface area contributed by atoms with E-state index in [1.807, 2.05) is 40.1 Å². The number of nitrogens with zero attached hydrogens (tertiary/aromatic N) is 3. The zero-order valence-electron chi connectivity index (χ0n) is 15.7. The van der Waals surface area contributed by atoms with E-state index in [4.69, 9.17) is 0 Å². The van der Waals surface area contributed by atoms with E-state index in [-0.39, 0.29) is 36.3 Å². The van der Waals surface area contributed by atoms with Crippen LogP contribution in [0.15, 0.2) is 30.3 Å². The Balaban J connectivity index is 0.00000210. The summed E-state index contributed by atoms with van der Waals surface area (Å²) in [6.45, 7) is 4.76. The highest BCUT2D eigenvalue weighted by Gasteiger charge is 2.38. The molecule has 0 aromatic heterocycles. The predicted octanol–water partition coefficient (Wildman–Crippen LogP) is 1.50. The molecule has 148 valence electrons. The predicted molar refractivity (Wildman–Crippen MR) is 108 cm³/mol. The highest BCUT2D eigenvalue weighted by molar-refractivity contribution is 5.99. The SMILES string of the molecule is Cl.O=C(C1CCCCN1)N1CCN(C2CCN(c3ccccc3)C2=O)CC1. The summed E-state index contributed by atoms with van der Waals surface area (Å²) in [5, 5.41) is 3.35. The summed E-state index contributed by atoms with van der Waals surface area (Å²) in [7, 11) is 0. The van der Waals surface area contributed by atoms with Gasteiger partial charge in [-0.15, -0.1) is 12.4 Å². The lowest BCUT2D eigenvalue weighted by Crippen LogP contribution is -2.57. The third-order valence-electron chi connectivity index (χ3n) is 5.92. The first-order valence-corrected chi connectivity index (χ1v) is 9.87. The number of rotatable bonds is 3. The van der Waals surface area contributed by atoms with Crippen LogP contribution in [0.1, 0.15) is 25.7 Å². The standard InChI is InChI=1S/C20H28N4O2.ClH/c25-19(17-8-4-5-10-21-17)23-14-12-22(13-15-23)18-9-11-24(20(18)26)16-6-2-1-3-7-16;/h1-3,6-7,17-18,21H,4-5,8-15H2;1H. The molecule has 1 aromatic carbocycles. The lowest BCUT2D eigenvalue weighted by atomic mass is 10.0. The first-order valence-electron chi connectivity index (χ1n) is 9.87. The Morgan fingerprint density at radius 1 is 0.963 bits per heavy atom. The van der Waals surface area contributed by atoms with Crippen molar-refractivity contribution in [1.82, 2.24) is 15.1 Å². The van der Waals surface area contributed by atoms with E-state index in [0.29, 0.717) is 0 Å². The van der Waals surface area contributed by atoms with Crippen molar-refractivity contribution in [3.05, 3.63) is 30.3 Å². The number of carbonyl (C=O) groups is 2. The van der Waals surface area contributed by atoms with Gasteiger partial charge in [-0.1, -0.05) is 24.6 Å². The van der Waals surface area contributed by atoms with Crippen molar-refractivity contribution in [2.24, 2.45) is 0 Å². The second-order valence-electron chi connectivity index (χ2n) is 7.49. The molecule has 4 rings (SSSR count). The van der Waals surface area contributed by atoms with Gasteiger partial charge in [-0.25, -0.2) is 0 Å². The van der Waals surface area contributed by atoms with E-state index in [9.17, 15) is 9.59 Å². The van der Waals surface area contributed by atoms with E-state index >= 15 is 0 Å².